The van der Waals surface area contributed by atoms with E-state index in [1.54, 1.807) is 0 Å². The number of hydrogen-bond donors (Lipinski definition) is 1. The topological polar surface area (TPSA) is 43.8 Å². The van der Waals surface area contributed by atoms with Crippen molar-refractivity contribution in [1.29, 1.82) is 0 Å². The molecule has 1 heterocycles. The van der Waals surface area contributed by atoms with Gasteiger partial charge in [-0.15, -0.1) is 0 Å². The van der Waals surface area contributed by atoms with Crippen LogP contribution >= 0.6 is 0 Å². The Hall–Kier alpha value is -0.830. The zero-order chi connectivity index (χ0) is 11.9. The molecule has 2 saturated carbocycles. The minimum absolute atomic E-state index is 0.0138. The smallest absolute Gasteiger partial charge is 0.0642 e. The first kappa shape index (κ1) is 11.3. The van der Waals surface area contributed by atoms with Gasteiger partial charge in [0.1, 0.15) is 0 Å². The van der Waals surface area contributed by atoms with Crippen molar-refractivity contribution in [3.63, 3.8) is 0 Å². The molecule has 3 rings (SSSR count). The van der Waals surface area contributed by atoms with Crippen LogP contribution < -0.4 is 5.73 Å². The lowest BCUT2D eigenvalue weighted by Crippen LogP contribution is -2.46. The maximum absolute atomic E-state index is 6.61. The lowest BCUT2D eigenvalue weighted by atomic mass is 9.72. The second-order valence-corrected chi connectivity index (χ2v) is 6.21. The molecule has 2 aliphatic rings. The number of rotatable bonds is 3. The van der Waals surface area contributed by atoms with Gasteiger partial charge in [-0.2, -0.15) is 5.10 Å². The molecule has 0 spiro atoms. The van der Waals surface area contributed by atoms with Crippen LogP contribution in [0.4, 0.5) is 0 Å². The SMILES string of the molecule is Cn1ccc(CC2(N)CCCC(C3CC3)C2)n1. The molecule has 3 heteroatoms. The van der Waals surface area contributed by atoms with E-state index in [0.29, 0.717) is 0 Å². The third-order valence-corrected chi connectivity index (χ3v) is 4.51. The number of hydrogen-bond acceptors (Lipinski definition) is 2. The summed E-state index contributed by atoms with van der Waals surface area (Å²) in [6.07, 6.45) is 11.0. The third kappa shape index (κ3) is 2.54. The van der Waals surface area contributed by atoms with Gasteiger partial charge in [0.25, 0.3) is 0 Å². The zero-order valence-electron chi connectivity index (χ0n) is 10.7. The van der Waals surface area contributed by atoms with Crippen molar-refractivity contribution in [3.05, 3.63) is 18.0 Å². The van der Waals surface area contributed by atoms with Crippen LogP contribution in [-0.4, -0.2) is 15.3 Å². The fourth-order valence-corrected chi connectivity index (χ4v) is 3.49. The van der Waals surface area contributed by atoms with Crippen molar-refractivity contribution in [1.82, 2.24) is 9.78 Å². The number of aromatic nitrogens is 2. The van der Waals surface area contributed by atoms with Gasteiger partial charge in [-0.05, 0) is 43.6 Å². The Labute approximate surface area is 103 Å². The van der Waals surface area contributed by atoms with Crippen molar-refractivity contribution in [2.24, 2.45) is 24.6 Å². The molecule has 0 aliphatic heterocycles. The van der Waals surface area contributed by atoms with Crippen molar-refractivity contribution < 1.29 is 0 Å². The molecular weight excluding hydrogens is 210 g/mol. The molecule has 0 aromatic carbocycles. The minimum Gasteiger partial charge on any atom is -0.325 e. The molecule has 2 aliphatic carbocycles. The Balaban J connectivity index is 1.67. The summed E-state index contributed by atoms with van der Waals surface area (Å²) < 4.78 is 1.87. The summed E-state index contributed by atoms with van der Waals surface area (Å²) in [6.45, 7) is 0. The van der Waals surface area contributed by atoms with E-state index in [9.17, 15) is 0 Å². The van der Waals surface area contributed by atoms with Gasteiger partial charge < -0.3 is 5.73 Å². The summed E-state index contributed by atoms with van der Waals surface area (Å²) in [5, 5.41) is 4.47. The monoisotopic (exact) mass is 233 g/mol. The van der Waals surface area contributed by atoms with Crippen LogP contribution in [0.1, 0.15) is 44.2 Å². The lowest BCUT2D eigenvalue weighted by molar-refractivity contribution is 0.203. The van der Waals surface area contributed by atoms with E-state index in [-0.39, 0.29) is 5.54 Å². The van der Waals surface area contributed by atoms with Gasteiger partial charge in [-0.25, -0.2) is 0 Å². The molecule has 0 amide bonds. The Morgan fingerprint density at radius 3 is 2.88 bits per heavy atom. The molecule has 0 bridgehead atoms. The highest BCUT2D eigenvalue weighted by atomic mass is 15.2. The fraction of sp³-hybridized carbons (Fsp3) is 0.786. The quantitative estimate of drug-likeness (QED) is 0.870. The average Bonchev–Trinajstić information content (AvgIpc) is 3.04. The highest BCUT2D eigenvalue weighted by molar-refractivity contribution is 5.07. The van der Waals surface area contributed by atoms with E-state index in [1.165, 1.54) is 38.5 Å². The van der Waals surface area contributed by atoms with Crippen LogP contribution in [0.5, 0.6) is 0 Å². The molecule has 1 aromatic heterocycles. The van der Waals surface area contributed by atoms with Gasteiger partial charge in [0.2, 0.25) is 0 Å². The fourth-order valence-electron chi connectivity index (χ4n) is 3.49. The van der Waals surface area contributed by atoms with Crippen LogP contribution in [0, 0.1) is 11.8 Å². The average molecular weight is 233 g/mol. The van der Waals surface area contributed by atoms with Crippen LogP contribution in [0.15, 0.2) is 12.3 Å². The Kier molecular flexibility index (Phi) is 2.74. The van der Waals surface area contributed by atoms with Gasteiger partial charge in [0, 0.05) is 25.2 Å². The Morgan fingerprint density at radius 2 is 2.24 bits per heavy atom. The standard InChI is InChI=1S/C14H23N3/c1-17-8-6-13(16-17)10-14(15)7-2-3-12(9-14)11-4-5-11/h6,8,11-12H,2-5,7,9-10,15H2,1H3. The first-order valence-corrected chi connectivity index (χ1v) is 6.92. The van der Waals surface area contributed by atoms with Crippen LogP contribution in [0.3, 0.4) is 0 Å². The number of nitrogens with zero attached hydrogens (tertiary/aromatic N) is 2. The van der Waals surface area contributed by atoms with E-state index >= 15 is 0 Å². The molecular formula is C14H23N3. The summed E-state index contributed by atoms with van der Waals surface area (Å²) in [4.78, 5) is 0. The molecule has 2 unspecified atom stereocenters. The summed E-state index contributed by atoms with van der Waals surface area (Å²) in [6, 6.07) is 2.11. The molecule has 0 saturated heterocycles. The largest absolute Gasteiger partial charge is 0.325 e. The molecule has 1 aromatic rings. The van der Waals surface area contributed by atoms with E-state index in [0.717, 1.165) is 24.0 Å². The second-order valence-electron chi connectivity index (χ2n) is 6.21. The van der Waals surface area contributed by atoms with Gasteiger partial charge in [-0.1, -0.05) is 12.8 Å². The highest BCUT2D eigenvalue weighted by Gasteiger charge is 2.40. The Morgan fingerprint density at radius 1 is 1.41 bits per heavy atom. The molecule has 2 atom stereocenters. The van der Waals surface area contributed by atoms with E-state index in [4.69, 9.17) is 5.73 Å². The van der Waals surface area contributed by atoms with Crippen LogP contribution in [0.2, 0.25) is 0 Å². The number of aryl methyl sites for hydroxylation is 1. The molecule has 2 fully saturated rings. The summed E-state index contributed by atoms with van der Waals surface area (Å²) in [5.41, 5.74) is 7.78. The van der Waals surface area contributed by atoms with Gasteiger partial charge in [0.05, 0.1) is 5.69 Å². The molecule has 2 N–H and O–H groups in total. The summed E-state index contributed by atoms with van der Waals surface area (Å²) >= 11 is 0. The first-order valence-electron chi connectivity index (χ1n) is 6.92. The lowest BCUT2D eigenvalue weighted by Gasteiger charge is -2.38. The highest BCUT2D eigenvalue weighted by Crippen LogP contribution is 2.46. The van der Waals surface area contributed by atoms with Crippen LogP contribution in [-0.2, 0) is 13.5 Å². The van der Waals surface area contributed by atoms with Gasteiger partial charge in [0.15, 0.2) is 0 Å². The van der Waals surface area contributed by atoms with Crippen molar-refractivity contribution in [3.8, 4) is 0 Å². The van der Waals surface area contributed by atoms with Gasteiger partial charge in [-0.3, -0.25) is 4.68 Å². The maximum atomic E-state index is 6.61. The molecule has 3 nitrogen and oxygen atoms in total. The maximum Gasteiger partial charge on any atom is 0.0642 e. The third-order valence-electron chi connectivity index (χ3n) is 4.51. The molecule has 94 valence electrons. The Bertz CT molecular complexity index is 394. The van der Waals surface area contributed by atoms with E-state index < -0.39 is 0 Å². The van der Waals surface area contributed by atoms with Gasteiger partial charge >= 0.3 is 0 Å². The van der Waals surface area contributed by atoms with Crippen molar-refractivity contribution in [2.75, 3.05) is 0 Å². The van der Waals surface area contributed by atoms with Crippen LogP contribution in [0.25, 0.3) is 0 Å². The zero-order valence-corrected chi connectivity index (χ0v) is 10.7. The van der Waals surface area contributed by atoms with Crippen molar-refractivity contribution >= 4 is 0 Å². The normalized spacial score (nSPS) is 33.9. The number of nitrogens with two attached hydrogens (primary N) is 1. The molecule has 0 radical (unpaired) electrons. The predicted molar refractivity (Wildman–Crippen MR) is 68.5 cm³/mol. The summed E-state index contributed by atoms with van der Waals surface area (Å²) in [5.74, 6) is 1.90. The van der Waals surface area contributed by atoms with E-state index in [2.05, 4.69) is 11.2 Å². The van der Waals surface area contributed by atoms with Crippen molar-refractivity contribution in [2.45, 2.75) is 50.5 Å². The predicted octanol–water partition coefficient (Wildman–Crippen LogP) is 2.26. The summed E-state index contributed by atoms with van der Waals surface area (Å²) in [7, 11) is 1.97. The second kappa shape index (κ2) is 4.13. The molecule has 17 heavy (non-hydrogen) atoms. The first-order chi connectivity index (χ1) is 8.15. The minimum atomic E-state index is 0.0138. The van der Waals surface area contributed by atoms with E-state index in [1.807, 2.05) is 17.9 Å².